The van der Waals surface area contributed by atoms with Gasteiger partial charge in [-0.3, -0.25) is 4.72 Å². The Morgan fingerprint density at radius 3 is 2.62 bits per heavy atom. The third-order valence-electron chi connectivity index (χ3n) is 3.92. The molecule has 0 amide bonds. The molecular formula is C16H16N4O2S2. The van der Waals surface area contributed by atoms with Crippen molar-refractivity contribution in [2.45, 2.75) is 28.7 Å². The van der Waals surface area contributed by atoms with Crippen molar-refractivity contribution in [1.82, 2.24) is 14.6 Å². The van der Waals surface area contributed by atoms with Gasteiger partial charge in [-0.05, 0) is 31.2 Å². The van der Waals surface area contributed by atoms with E-state index in [0.717, 1.165) is 23.6 Å². The number of rotatable bonds is 5. The molecule has 0 aliphatic heterocycles. The van der Waals surface area contributed by atoms with E-state index in [0.29, 0.717) is 17.4 Å². The van der Waals surface area contributed by atoms with Gasteiger partial charge in [-0.15, -0.1) is 11.8 Å². The SMILES string of the molecule is CSc1cc2nc(C3CC3)cc(NS(=O)(=O)c3ccccc3)n2n1. The van der Waals surface area contributed by atoms with Crippen molar-refractivity contribution >= 4 is 33.3 Å². The second-order valence-electron chi connectivity index (χ2n) is 5.72. The predicted octanol–water partition coefficient (Wildman–Crippen LogP) is 3.13. The summed E-state index contributed by atoms with van der Waals surface area (Å²) >= 11 is 1.50. The van der Waals surface area contributed by atoms with Crippen LogP contribution in [0.2, 0.25) is 0 Å². The number of hydrogen-bond acceptors (Lipinski definition) is 5. The van der Waals surface area contributed by atoms with Crippen LogP contribution in [-0.4, -0.2) is 29.3 Å². The topological polar surface area (TPSA) is 76.4 Å². The Bertz CT molecular complexity index is 996. The molecule has 1 fully saturated rings. The molecule has 0 saturated heterocycles. The van der Waals surface area contributed by atoms with Gasteiger partial charge in [-0.25, -0.2) is 13.4 Å². The van der Waals surface area contributed by atoms with Crippen LogP contribution in [0, 0.1) is 0 Å². The van der Waals surface area contributed by atoms with Crippen LogP contribution >= 0.6 is 11.8 Å². The van der Waals surface area contributed by atoms with Crippen molar-refractivity contribution in [2.75, 3.05) is 11.0 Å². The number of thioether (sulfide) groups is 1. The van der Waals surface area contributed by atoms with Gasteiger partial charge >= 0.3 is 0 Å². The number of nitrogens with zero attached hydrogens (tertiary/aromatic N) is 3. The molecule has 124 valence electrons. The average Bonchev–Trinajstić information content (AvgIpc) is 3.34. The van der Waals surface area contributed by atoms with Crippen molar-refractivity contribution in [2.24, 2.45) is 0 Å². The first-order chi connectivity index (χ1) is 11.6. The molecule has 1 aromatic carbocycles. The molecular weight excluding hydrogens is 344 g/mol. The van der Waals surface area contributed by atoms with Crippen molar-refractivity contribution in [1.29, 1.82) is 0 Å². The number of nitrogens with one attached hydrogen (secondary N) is 1. The first-order valence-electron chi connectivity index (χ1n) is 7.59. The minimum Gasteiger partial charge on any atom is -0.263 e. The summed E-state index contributed by atoms with van der Waals surface area (Å²) in [6.45, 7) is 0. The zero-order valence-electron chi connectivity index (χ0n) is 13.0. The Morgan fingerprint density at radius 2 is 1.96 bits per heavy atom. The summed E-state index contributed by atoms with van der Waals surface area (Å²) in [6, 6.07) is 12.0. The lowest BCUT2D eigenvalue weighted by atomic mass is 10.3. The zero-order chi connectivity index (χ0) is 16.7. The van der Waals surface area contributed by atoms with Crippen LogP contribution in [0.1, 0.15) is 24.5 Å². The Hall–Kier alpha value is -2.06. The molecule has 0 atom stereocenters. The first-order valence-corrected chi connectivity index (χ1v) is 10.3. The molecule has 0 spiro atoms. The quantitative estimate of drug-likeness (QED) is 0.708. The van der Waals surface area contributed by atoms with Gasteiger partial charge in [-0.1, -0.05) is 18.2 Å². The first kappa shape index (κ1) is 15.5. The summed E-state index contributed by atoms with van der Waals surface area (Å²) in [4.78, 5) is 4.84. The highest BCUT2D eigenvalue weighted by molar-refractivity contribution is 7.98. The van der Waals surface area contributed by atoms with Gasteiger partial charge in [0.1, 0.15) is 10.8 Å². The van der Waals surface area contributed by atoms with Crippen LogP contribution in [0.4, 0.5) is 5.82 Å². The van der Waals surface area contributed by atoms with Crippen molar-refractivity contribution in [3.05, 3.63) is 48.2 Å². The molecule has 1 aliphatic rings. The van der Waals surface area contributed by atoms with Gasteiger partial charge in [-0.2, -0.15) is 9.61 Å². The maximum absolute atomic E-state index is 12.6. The van der Waals surface area contributed by atoms with Crippen molar-refractivity contribution < 1.29 is 8.42 Å². The van der Waals surface area contributed by atoms with Gasteiger partial charge in [0.2, 0.25) is 0 Å². The lowest BCUT2D eigenvalue weighted by molar-refractivity contribution is 0.600. The maximum Gasteiger partial charge on any atom is 0.263 e. The average molecular weight is 360 g/mol. The standard InChI is InChI=1S/C16H16N4O2S2/c1-23-16-10-14-17-13(11-7-8-11)9-15(20(14)18-16)19-24(21,22)12-5-3-2-4-6-12/h2-6,9-11,19H,7-8H2,1H3. The molecule has 8 heteroatoms. The molecule has 1 saturated carbocycles. The van der Waals surface area contributed by atoms with E-state index in [1.807, 2.05) is 12.3 Å². The summed E-state index contributed by atoms with van der Waals surface area (Å²) in [6.07, 6.45) is 4.12. The highest BCUT2D eigenvalue weighted by Gasteiger charge is 2.27. The summed E-state index contributed by atoms with van der Waals surface area (Å²) in [7, 11) is -3.67. The van der Waals surface area contributed by atoms with Crippen LogP contribution in [0.25, 0.3) is 5.65 Å². The van der Waals surface area contributed by atoms with Crippen LogP contribution in [0.3, 0.4) is 0 Å². The molecule has 4 rings (SSSR count). The highest BCUT2D eigenvalue weighted by Crippen LogP contribution is 2.40. The Balaban J connectivity index is 1.81. The van der Waals surface area contributed by atoms with Crippen molar-refractivity contribution in [3.63, 3.8) is 0 Å². The van der Waals surface area contributed by atoms with E-state index in [1.165, 1.54) is 11.8 Å². The van der Waals surface area contributed by atoms with E-state index in [2.05, 4.69) is 14.8 Å². The van der Waals surface area contributed by atoms with E-state index < -0.39 is 10.0 Å². The summed E-state index contributed by atoms with van der Waals surface area (Å²) < 4.78 is 29.5. The summed E-state index contributed by atoms with van der Waals surface area (Å²) in [5.74, 6) is 0.841. The Kier molecular flexibility index (Phi) is 3.73. The molecule has 1 aliphatic carbocycles. The normalized spacial score (nSPS) is 14.9. The third-order valence-corrected chi connectivity index (χ3v) is 5.91. The maximum atomic E-state index is 12.6. The molecule has 2 heterocycles. The van der Waals surface area contributed by atoms with Crippen LogP contribution in [-0.2, 0) is 10.0 Å². The predicted molar refractivity (Wildman–Crippen MR) is 94.0 cm³/mol. The molecule has 0 radical (unpaired) electrons. The van der Waals surface area contributed by atoms with Gasteiger partial charge < -0.3 is 0 Å². The molecule has 2 aromatic heterocycles. The second-order valence-corrected chi connectivity index (χ2v) is 8.22. The van der Waals surface area contributed by atoms with Crippen LogP contribution in [0.5, 0.6) is 0 Å². The van der Waals surface area contributed by atoms with Crippen molar-refractivity contribution in [3.8, 4) is 0 Å². The van der Waals surface area contributed by atoms with Gasteiger partial charge in [0, 0.05) is 23.7 Å². The zero-order valence-corrected chi connectivity index (χ0v) is 14.6. The number of benzene rings is 1. The minimum atomic E-state index is -3.67. The second kappa shape index (κ2) is 5.78. The lowest BCUT2D eigenvalue weighted by Crippen LogP contribution is -2.16. The smallest absolute Gasteiger partial charge is 0.263 e. The fourth-order valence-corrected chi connectivity index (χ4v) is 3.97. The van der Waals surface area contributed by atoms with E-state index in [1.54, 1.807) is 40.9 Å². The number of anilines is 1. The summed E-state index contributed by atoms with van der Waals surface area (Å²) in [5, 5.41) is 5.22. The van der Waals surface area contributed by atoms with E-state index in [-0.39, 0.29) is 4.90 Å². The van der Waals surface area contributed by atoms with E-state index in [4.69, 9.17) is 0 Å². The largest absolute Gasteiger partial charge is 0.263 e. The monoisotopic (exact) mass is 360 g/mol. The third kappa shape index (κ3) is 2.87. The molecule has 6 nitrogen and oxygen atoms in total. The number of aromatic nitrogens is 3. The fraction of sp³-hybridized carbons (Fsp3) is 0.250. The highest BCUT2D eigenvalue weighted by atomic mass is 32.2. The van der Waals surface area contributed by atoms with Crippen LogP contribution < -0.4 is 4.72 Å². The molecule has 1 N–H and O–H groups in total. The number of hydrogen-bond donors (Lipinski definition) is 1. The Labute approximate surface area is 144 Å². The van der Waals surface area contributed by atoms with Gasteiger partial charge in [0.25, 0.3) is 10.0 Å². The molecule has 24 heavy (non-hydrogen) atoms. The molecule has 3 aromatic rings. The van der Waals surface area contributed by atoms with Gasteiger partial charge in [0.05, 0.1) is 4.90 Å². The number of sulfonamides is 1. The fourth-order valence-electron chi connectivity index (χ4n) is 2.53. The molecule has 0 bridgehead atoms. The summed E-state index contributed by atoms with van der Waals surface area (Å²) in [5.41, 5.74) is 1.58. The minimum absolute atomic E-state index is 0.222. The van der Waals surface area contributed by atoms with Crippen LogP contribution in [0.15, 0.2) is 52.4 Å². The Morgan fingerprint density at radius 1 is 1.21 bits per heavy atom. The lowest BCUT2D eigenvalue weighted by Gasteiger charge is -2.11. The molecule has 0 unspecified atom stereocenters. The van der Waals surface area contributed by atoms with Gasteiger partial charge in [0.15, 0.2) is 5.65 Å². The number of fused-ring (bicyclic) bond motifs is 1. The van der Waals surface area contributed by atoms with E-state index in [9.17, 15) is 8.42 Å². The van der Waals surface area contributed by atoms with E-state index >= 15 is 0 Å².